The lowest BCUT2D eigenvalue weighted by atomic mass is 10.1. The van der Waals surface area contributed by atoms with E-state index in [9.17, 15) is 9.59 Å². The van der Waals surface area contributed by atoms with Gasteiger partial charge in [0.2, 0.25) is 0 Å². The molecule has 1 N–H and O–H groups in total. The predicted octanol–water partition coefficient (Wildman–Crippen LogP) is 3.66. The number of rotatable bonds is 3. The summed E-state index contributed by atoms with van der Waals surface area (Å²) in [5.74, 6) is -1.09. The number of ether oxygens (including phenoxy) is 1. The van der Waals surface area contributed by atoms with Crippen molar-refractivity contribution in [1.82, 2.24) is 5.32 Å². The molecular formula is C21H17Cl2N3O3S. The third-order valence-corrected chi connectivity index (χ3v) is 5.51. The fraction of sp³-hybridized carbons (Fsp3) is 0.190. The largest absolute Gasteiger partial charge is 0.378 e. The molecule has 2 amide bonds. The van der Waals surface area contributed by atoms with Gasteiger partial charge in [-0.3, -0.25) is 19.8 Å². The van der Waals surface area contributed by atoms with Crippen molar-refractivity contribution in [1.29, 1.82) is 0 Å². The summed E-state index contributed by atoms with van der Waals surface area (Å²) in [6.07, 6.45) is 1.54. The molecule has 2 aliphatic heterocycles. The molecule has 0 unspecified atom stereocenters. The summed E-state index contributed by atoms with van der Waals surface area (Å²) < 4.78 is 5.37. The van der Waals surface area contributed by atoms with E-state index in [-0.39, 0.29) is 10.7 Å². The number of halogens is 2. The molecule has 2 saturated heterocycles. The summed E-state index contributed by atoms with van der Waals surface area (Å²) in [7, 11) is 0. The maximum Gasteiger partial charge on any atom is 0.270 e. The lowest BCUT2D eigenvalue weighted by Crippen LogP contribution is -2.54. The van der Waals surface area contributed by atoms with Gasteiger partial charge in [0.1, 0.15) is 5.57 Å². The van der Waals surface area contributed by atoms with Crippen molar-refractivity contribution in [3.05, 3.63) is 63.6 Å². The van der Waals surface area contributed by atoms with Crippen molar-refractivity contribution in [2.24, 2.45) is 0 Å². The number of carbonyl (C=O) groups excluding carboxylic acids is 2. The van der Waals surface area contributed by atoms with Crippen molar-refractivity contribution >= 4 is 69.8 Å². The first-order valence-electron chi connectivity index (χ1n) is 9.23. The number of morpholine rings is 1. The molecule has 2 aromatic carbocycles. The zero-order valence-electron chi connectivity index (χ0n) is 15.7. The second kappa shape index (κ2) is 8.73. The van der Waals surface area contributed by atoms with Crippen LogP contribution in [0.1, 0.15) is 5.56 Å². The Morgan fingerprint density at radius 3 is 2.23 bits per heavy atom. The maximum atomic E-state index is 13.1. The van der Waals surface area contributed by atoms with E-state index in [1.807, 2.05) is 24.3 Å². The standard InChI is InChI=1S/C21H17Cl2N3O3S/c22-14-10-15(23)12-17(11-14)26-20(28)18(19(27)24-21(26)30)9-13-1-3-16(4-2-13)25-5-7-29-8-6-25/h1-4,9-12H,5-8H2,(H,24,27,30)/b18-9+. The van der Waals surface area contributed by atoms with Crippen LogP contribution in [0, 0.1) is 0 Å². The molecule has 6 nitrogen and oxygen atoms in total. The molecule has 2 heterocycles. The Morgan fingerprint density at radius 2 is 1.60 bits per heavy atom. The van der Waals surface area contributed by atoms with E-state index in [1.165, 1.54) is 4.90 Å². The molecule has 0 spiro atoms. The van der Waals surface area contributed by atoms with Crippen LogP contribution in [0.3, 0.4) is 0 Å². The molecule has 4 rings (SSSR count). The van der Waals surface area contributed by atoms with Crippen LogP contribution < -0.4 is 15.1 Å². The number of anilines is 2. The van der Waals surface area contributed by atoms with Gasteiger partial charge >= 0.3 is 0 Å². The average molecular weight is 462 g/mol. The van der Waals surface area contributed by atoms with Crippen molar-refractivity contribution in [3.8, 4) is 0 Å². The van der Waals surface area contributed by atoms with Gasteiger partial charge in [-0.1, -0.05) is 35.3 Å². The highest BCUT2D eigenvalue weighted by Gasteiger charge is 2.34. The molecule has 0 radical (unpaired) electrons. The molecule has 9 heteroatoms. The number of benzene rings is 2. The second-order valence-corrected chi connectivity index (χ2v) is 8.04. The number of nitrogens with zero attached hydrogens (tertiary/aromatic N) is 2. The van der Waals surface area contributed by atoms with E-state index in [4.69, 9.17) is 40.2 Å². The van der Waals surface area contributed by atoms with Crippen LogP contribution in [0.15, 0.2) is 48.0 Å². The maximum absolute atomic E-state index is 13.1. The third-order valence-electron chi connectivity index (χ3n) is 4.79. The normalized spacial score (nSPS) is 18.7. The van der Waals surface area contributed by atoms with E-state index < -0.39 is 11.8 Å². The Kier molecular flexibility index (Phi) is 6.06. The first-order valence-corrected chi connectivity index (χ1v) is 10.4. The molecule has 0 bridgehead atoms. The molecule has 0 aromatic heterocycles. The van der Waals surface area contributed by atoms with E-state index in [0.717, 1.165) is 24.3 Å². The van der Waals surface area contributed by atoms with Crippen LogP contribution in [0.4, 0.5) is 11.4 Å². The first-order chi connectivity index (χ1) is 14.4. The van der Waals surface area contributed by atoms with E-state index in [2.05, 4.69) is 10.2 Å². The Morgan fingerprint density at radius 1 is 0.967 bits per heavy atom. The molecule has 0 saturated carbocycles. The minimum absolute atomic E-state index is 0.0249. The number of carbonyl (C=O) groups is 2. The highest BCUT2D eigenvalue weighted by atomic mass is 35.5. The molecule has 2 aliphatic rings. The van der Waals surface area contributed by atoms with Gasteiger partial charge in [0.15, 0.2) is 5.11 Å². The van der Waals surface area contributed by atoms with Gasteiger partial charge < -0.3 is 9.64 Å². The van der Waals surface area contributed by atoms with E-state index in [1.54, 1.807) is 24.3 Å². The number of thiocarbonyl (C=S) groups is 1. The van der Waals surface area contributed by atoms with Crippen LogP contribution in [-0.4, -0.2) is 43.2 Å². The van der Waals surface area contributed by atoms with Crippen molar-refractivity contribution < 1.29 is 14.3 Å². The van der Waals surface area contributed by atoms with Crippen LogP contribution in [0.25, 0.3) is 6.08 Å². The molecule has 30 heavy (non-hydrogen) atoms. The molecule has 2 fully saturated rings. The summed E-state index contributed by atoms with van der Waals surface area (Å²) in [6, 6.07) is 12.3. The minimum Gasteiger partial charge on any atom is -0.378 e. The smallest absolute Gasteiger partial charge is 0.270 e. The zero-order chi connectivity index (χ0) is 21.3. The summed E-state index contributed by atoms with van der Waals surface area (Å²) in [5, 5.41) is 3.24. The van der Waals surface area contributed by atoms with Crippen LogP contribution in [0.5, 0.6) is 0 Å². The second-order valence-electron chi connectivity index (χ2n) is 6.78. The Hall–Kier alpha value is -2.45. The number of hydrogen-bond acceptors (Lipinski definition) is 5. The molecule has 0 atom stereocenters. The minimum atomic E-state index is -0.549. The van der Waals surface area contributed by atoms with Gasteiger partial charge in [0, 0.05) is 28.8 Å². The van der Waals surface area contributed by atoms with E-state index in [0.29, 0.717) is 28.9 Å². The highest BCUT2D eigenvalue weighted by molar-refractivity contribution is 7.80. The lowest BCUT2D eigenvalue weighted by molar-refractivity contribution is -0.122. The Labute approximate surface area is 189 Å². The molecule has 2 aromatic rings. The Bertz CT molecular complexity index is 1030. The fourth-order valence-electron chi connectivity index (χ4n) is 3.33. The summed E-state index contributed by atoms with van der Waals surface area (Å²) in [5.41, 5.74) is 2.15. The van der Waals surface area contributed by atoms with Gasteiger partial charge in [-0.25, -0.2) is 0 Å². The SMILES string of the molecule is O=C1NC(=S)N(c2cc(Cl)cc(Cl)c2)C(=O)/C1=C/c1ccc(N2CCOCC2)cc1. The monoisotopic (exact) mass is 461 g/mol. The number of amides is 2. The first kappa shape index (κ1) is 20.8. The quantitative estimate of drug-likeness (QED) is 0.429. The van der Waals surface area contributed by atoms with Crippen LogP contribution in [-0.2, 0) is 14.3 Å². The fourth-order valence-corrected chi connectivity index (χ4v) is 4.13. The van der Waals surface area contributed by atoms with Crippen LogP contribution >= 0.6 is 35.4 Å². The van der Waals surface area contributed by atoms with Crippen LogP contribution in [0.2, 0.25) is 10.0 Å². The van der Waals surface area contributed by atoms with Crippen molar-refractivity contribution in [3.63, 3.8) is 0 Å². The lowest BCUT2D eigenvalue weighted by Gasteiger charge is -2.29. The van der Waals surface area contributed by atoms with Crippen molar-refractivity contribution in [2.75, 3.05) is 36.1 Å². The summed E-state index contributed by atoms with van der Waals surface area (Å²) in [4.78, 5) is 29.0. The molecule has 154 valence electrons. The van der Waals surface area contributed by atoms with E-state index >= 15 is 0 Å². The summed E-state index contributed by atoms with van der Waals surface area (Å²) in [6.45, 7) is 3.05. The average Bonchev–Trinajstić information content (AvgIpc) is 2.71. The van der Waals surface area contributed by atoms with Gasteiger partial charge in [-0.15, -0.1) is 0 Å². The van der Waals surface area contributed by atoms with Gasteiger partial charge in [0.05, 0.1) is 18.9 Å². The predicted molar refractivity (Wildman–Crippen MR) is 122 cm³/mol. The third kappa shape index (κ3) is 4.34. The highest BCUT2D eigenvalue weighted by Crippen LogP contribution is 2.28. The molecule has 0 aliphatic carbocycles. The van der Waals surface area contributed by atoms with Gasteiger partial charge in [-0.05, 0) is 54.2 Å². The zero-order valence-corrected chi connectivity index (χ0v) is 18.1. The van der Waals surface area contributed by atoms with Crippen molar-refractivity contribution in [2.45, 2.75) is 0 Å². The number of hydrogen-bond donors (Lipinski definition) is 1. The number of nitrogens with one attached hydrogen (secondary N) is 1. The van der Waals surface area contributed by atoms with Gasteiger partial charge in [0.25, 0.3) is 11.8 Å². The topological polar surface area (TPSA) is 61.9 Å². The molecular weight excluding hydrogens is 445 g/mol. The Balaban J connectivity index is 1.62. The summed E-state index contributed by atoms with van der Waals surface area (Å²) >= 11 is 17.3. The van der Waals surface area contributed by atoms with Gasteiger partial charge in [-0.2, -0.15) is 0 Å².